The molecule has 1 heterocycles. The summed E-state index contributed by atoms with van der Waals surface area (Å²) in [7, 11) is 0. The Morgan fingerprint density at radius 3 is 2.70 bits per heavy atom. The van der Waals surface area contributed by atoms with Crippen LogP contribution in [0.25, 0.3) is 10.9 Å². The first kappa shape index (κ1) is 15.3. The molecular formula is C18H14BrN3O. The second-order valence-corrected chi connectivity index (χ2v) is 6.02. The Morgan fingerprint density at radius 1 is 1.17 bits per heavy atom. The van der Waals surface area contributed by atoms with E-state index in [1.165, 1.54) is 0 Å². The lowest BCUT2D eigenvalue weighted by Gasteiger charge is -2.08. The molecule has 0 aliphatic heterocycles. The van der Waals surface area contributed by atoms with E-state index in [1.807, 2.05) is 53.1 Å². The second-order valence-electron chi connectivity index (χ2n) is 5.17. The number of halogens is 1. The van der Waals surface area contributed by atoms with Crippen molar-refractivity contribution >= 4 is 32.7 Å². The van der Waals surface area contributed by atoms with Gasteiger partial charge in [-0.1, -0.05) is 52.3 Å². The fourth-order valence-electron chi connectivity index (χ4n) is 2.51. The standard InChI is InChI=1S/C18H14BrN3O/c19-16-7-3-1-5-13(16)10-21-18(23)12-22-11-14(9-20)15-6-2-4-8-17(15)22/h1-8,11H,10,12H2,(H,21,23). The predicted molar refractivity (Wildman–Crippen MR) is 92.6 cm³/mol. The van der Waals surface area contributed by atoms with E-state index < -0.39 is 0 Å². The average Bonchev–Trinajstić information content (AvgIpc) is 2.92. The Labute approximate surface area is 142 Å². The Morgan fingerprint density at radius 2 is 1.91 bits per heavy atom. The van der Waals surface area contributed by atoms with E-state index >= 15 is 0 Å². The summed E-state index contributed by atoms with van der Waals surface area (Å²) in [5.41, 5.74) is 2.50. The molecule has 5 heteroatoms. The number of nitriles is 1. The molecule has 0 radical (unpaired) electrons. The van der Waals surface area contributed by atoms with Crippen LogP contribution in [0.5, 0.6) is 0 Å². The maximum atomic E-state index is 12.2. The van der Waals surface area contributed by atoms with Crippen LogP contribution in [0.2, 0.25) is 0 Å². The van der Waals surface area contributed by atoms with Crippen molar-refractivity contribution in [3.8, 4) is 6.07 Å². The number of carbonyl (C=O) groups is 1. The molecule has 0 spiro atoms. The highest BCUT2D eigenvalue weighted by Crippen LogP contribution is 2.20. The fraction of sp³-hybridized carbons (Fsp3) is 0.111. The lowest BCUT2D eigenvalue weighted by atomic mass is 10.2. The molecule has 0 fully saturated rings. The van der Waals surface area contributed by atoms with E-state index in [4.69, 9.17) is 0 Å². The number of carbonyl (C=O) groups excluding carboxylic acids is 1. The fourth-order valence-corrected chi connectivity index (χ4v) is 2.94. The summed E-state index contributed by atoms with van der Waals surface area (Å²) < 4.78 is 2.78. The molecule has 0 atom stereocenters. The van der Waals surface area contributed by atoms with E-state index in [9.17, 15) is 10.1 Å². The van der Waals surface area contributed by atoms with Gasteiger partial charge in [0.05, 0.1) is 5.56 Å². The highest BCUT2D eigenvalue weighted by Gasteiger charge is 2.10. The molecule has 0 saturated carbocycles. The Bertz CT molecular complexity index is 908. The zero-order valence-corrected chi connectivity index (χ0v) is 13.9. The van der Waals surface area contributed by atoms with Gasteiger partial charge in [-0.25, -0.2) is 0 Å². The summed E-state index contributed by atoms with van der Waals surface area (Å²) in [5.74, 6) is -0.0917. The van der Waals surface area contributed by atoms with Gasteiger partial charge in [-0.05, 0) is 17.7 Å². The number of aromatic nitrogens is 1. The van der Waals surface area contributed by atoms with Crippen molar-refractivity contribution < 1.29 is 4.79 Å². The molecular weight excluding hydrogens is 354 g/mol. The van der Waals surface area contributed by atoms with Crippen molar-refractivity contribution in [2.45, 2.75) is 13.1 Å². The summed E-state index contributed by atoms with van der Waals surface area (Å²) >= 11 is 3.47. The van der Waals surface area contributed by atoms with Crippen LogP contribution in [-0.2, 0) is 17.9 Å². The average molecular weight is 368 g/mol. The third-order valence-corrected chi connectivity index (χ3v) is 4.43. The third-order valence-electron chi connectivity index (χ3n) is 3.66. The van der Waals surface area contributed by atoms with Gasteiger partial charge in [-0.15, -0.1) is 0 Å². The van der Waals surface area contributed by atoms with Gasteiger partial charge in [0.2, 0.25) is 5.91 Å². The van der Waals surface area contributed by atoms with Crippen LogP contribution in [0.15, 0.2) is 59.2 Å². The summed E-state index contributed by atoms with van der Waals surface area (Å²) in [4.78, 5) is 12.2. The Kier molecular flexibility index (Phi) is 4.45. The summed E-state index contributed by atoms with van der Waals surface area (Å²) in [6.07, 6.45) is 1.72. The van der Waals surface area contributed by atoms with Gasteiger partial charge in [0.1, 0.15) is 12.6 Å². The molecule has 0 bridgehead atoms. The van der Waals surface area contributed by atoms with Crippen LogP contribution >= 0.6 is 15.9 Å². The van der Waals surface area contributed by atoms with Gasteiger partial charge < -0.3 is 9.88 Å². The first-order valence-corrected chi connectivity index (χ1v) is 7.96. The van der Waals surface area contributed by atoms with Crippen LogP contribution < -0.4 is 5.32 Å². The number of hydrogen-bond donors (Lipinski definition) is 1. The highest BCUT2D eigenvalue weighted by atomic mass is 79.9. The number of hydrogen-bond acceptors (Lipinski definition) is 2. The Balaban J connectivity index is 1.74. The lowest BCUT2D eigenvalue weighted by molar-refractivity contribution is -0.121. The van der Waals surface area contributed by atoms with Gasteiger partial charge in [0.15, 0.2) is 0 Å². The van der Waals surface area contributed by atoms with Crippen molar-refractivity contribution in [2.75, 3.05) is 0 Å². The zero-order valence-electron chi connectivity index (χ0n) is 12.3. The lowest BCUT2D eigenvalue weighted by Crippen LogP contribution is -2.26. The minimum atomic E-state index is -0.0917. The summed E-state index contributed by atoms with van der Waals surface area (Å²) in [6, 6.07) is 17.5. The Hall–Kier alpha value is -2.58. The molecule has 0 unspecified atom stereocenters. The predicted octanol–water partition coefficient (Wildman–Crippen LogP) is 3.59. The topological polar surface area (TPSA) is 57.8 Å². The molecule has 2 aromatic carbocycles. The minimum Gasteiger partial charge on any atom is -0.350 e. The highest BCUT2D eigenvalue weighted by molar-refractivity contribution is 9.10. The summed E-state index contributed by atoms with van der Waals surface area (Å²) in [6.45, 7) is 0.650. The van der Waals surface area contributed by atoms with E-state index in [-0.39, 0.29) is 12.5 Å². The zero-order chi connectivity index (χ0) is 16.2. The largest absolute Gasteiger partial charge is 0.350 e. The maximum Gasteiger partial charge on any atom is 0.240 e. The van der Waals surface area contributed by atoms with Crippen LogP contribution in [0.3, 0.4) is 0 Å². The minimum absolute atomic E-state index is 0.0917. The van der Waals surface area contributed by atoms with Crippen molar-refractivity contribution in [3.63, 3.8) is 0 Å². The molecule has 23 heavy (non-hydrogen) atoms. The van der Waals surface area contributed by atoms with Crippen LogP contribution in [-0.4, -0.2) is 10.5 Å². The van der Waals surface area contributed by atoms with Crippen LogP contribution in [0.1, 0.15) is 11.1 Å². The molecule has 1 amide bonds. The normalized spacial score (nSPS) is 10.4. The van der Waals surface area contributed by atoms with Gasteiger partial charge >= 0.3 is 0 Å². The number of para-hydroxylation sites is 1. The monoisotopic (exact) mass is 367 g/mol. The first-order valence-electron chi connectivity index (χ1n) is 7.17. The molecule has 3 rings (SSSR count). The molecule has 0 aliphatic rings. The number of fused-ring (bicyclic) bond motifs is 1. The van der Waals surface area contributed by atoms with Gasteiger partial charge in [0, 0.05) is 28.1 Å². The number of amides is 1. The molecule has 0 aliphatic carbocycles. The number of rotatable bonds is 4. The van der Waals surface area contributed by atoms with Crippen molar-refractivity contribution in [1.29, 1.82) is 5.26 Å². The van der Waals surface area contributed by atoms with E-state index in [1.54, 1.807) is 6.20 Å². The molecule has 4 nitrogen and oxygen atoms in total. The quantitative estimate of drug-likeness (QED) is 0.765. The van der Waals surface area contributed by atoms with Crippen LogP contribution in [0.4, 0.5) is 0 Å². The van der Waals surface area contributed by atoms with Gasteiger partial charge in [-0.3, -0.25) is 4.79 Å². The van der Waals surface area contributed by atoms with E-state index in [0.717, 1.165) is 20.9 Å². The van der Waals surface area contributed by atoms with Crippen LogP contribution in [0, 0.1) is 11.3 Å². The molecule has 1 aromatic heterocycles. The second kappa shape index (κ2) is 6.67. The number of nitrogens with zero attached hydrogens (tertiary/aromatic N) is 2. The van der Waals surface area contributed by atoms with Gasteiger partial charge in [-0.2, -0.15) is 5.26 Å². The molecule has 114 valence electrons. The number of nitrogens with one attached hydrogen (secondary N) is 1. The van der Waals surface area contributed by atoms with Crippen molar-refractivity contribution in [2.24, 2.45) is 0 Å². The summed E-state index contributed by atoms with van der Waals surface area (Å²) in [5, 5.41) is 13.0. The molecule has 3 aromatic rings. The SMILES string of the molecule is N#Cc1cn(CC(=O)NCc2ccccc2Br)c2ccccc12. The molecule has 0 saturated heterocycles. The maximum absolute atomic E-state index is 12.2. The third kappa shape index (κ3) is 3.27. The smallest absolute Gasteiger partial charge is 0.240 e. The number of benzene rings is 2. The van der Waals surface area contributed by atoms with Crippen molar-refractivity contribution in [1.82, 2.24) is 9.88 Å². The first-order chi connectivity index (χ1) is 11.2. The van der Waals surface area contributed by atoms with E-state index in [2.05, 4.69) is 27.3 Å². The van der Waals surface area contributed by atoms with Gasteiger partial charge in [0.25, 0.3) is 0 Å². The molecule has 1 N–H and O–H groups in total. The van der Waals surface area contributed by atoms with E-state index in [0.29, 0.717) is 12.1 Å². The van der Waals surface area contributed by atoms with Crippen molar-refractivity contribution in [3.05, 3.63) is 70.3 Å².